The second-order valence-electron chi connectivity index (χ2n) is 3.93. The minimum absolute atomic E-state index is 0.0421. The molecule has 0 aromatic heterocycles. The summed E-state index contributed by atoms with van der Waals surface area (Å²) in [5, 5.41) is 11.4. The Bertz CT molecular complexity index is 312. The van der Waals surface area contributed by atoms with Gasteiger partial charge in [-0.25, -0.2) is 4.79 Å². The summed E-state index contributed by atoms with van der Waals surface area (Å²) in [6.07, 6.45) is 1.31. The number of nitrogens with two attached hydrogens (primary N) is 1. The molecular weight excluding hydrogens is 228 g/mol. The van der Waals surface area contributed by atoms with Crippen molar-refractivity contribution in [3.63, 3.8) is 0 Å². The van der Waals surface area contributed by atoms with Gasteiger partial charge >= 0.3 is 17.9 Å². The van der Waals surface area contributed by atoms with Gasteiger partial charge < -0.3 is 20.9 Å². The van der Waals surface area contributed by atoms with Gasteiger partial charge in [0.15, 0.2) is 0 Å². The van der Waals surface area contributed by atoms with Crippen LogP contribution in [-0.2, 0) is 19.1 Å². The number of carboxylic acids is 1. The molecule has 1 fully saturated rings. The van der Waals surface area contributed by atoms with Crippen LogP contribution >= 0.6 is 0 Å². The molecule has 1 saturated heterocycles. The van der Waals surface area contributed by atoms with E-state index in [1.807, 2.05) is 0 Å². The quantitative estimate of drug-likeness (QED) is 0.419. The van der Waals surface area contributed by atoms with Gasteiger partial charge in [0.05, 0.1) is 0 Å². The fraction of sp³-hybridized carbons (Fsp3) is 0.700. The second-order valence-corrected chi connectivity index (χ2v) is 3.93. The topological polar surface area (TPSA) is 119 Å². The molecule has 0 aromatic carbocycles. The zero-order valence-corrected chi connectivity index (χ0v) is 9.35. The van der Waals surface area contributed by atoms with Crippen molar-refractivity contribution in [2.45, 2.75) is 37.8 Å². The summed E-state index contributed by atoms with van der Waals surface area (Å²) >= 11 is 0. The van der Waals surface area contributed by atoms with Crippen molar-refractivity contribution in [1.82, 2.24) is 5.32 Å². The summed E-state index contributed by atoms with van der Waals surface area (Å²) in [5.41, 5.74) is 5.21. The van der Waals surface area contributed by atoms with Crippen LogP contribution in [0, 0.1) is 0 Å². The van der Waals surface area contributed by atoms with E-state index in [0.29, 0.717) is 6.42 Å². The maximum absolute atomic E-state index is 11.4. The fourth-order valence-corrected chi connectivity index (χ4v) is 1.52. The highest BCUT2D eigenvalue weighted by atomic mass is 16.6. The molecule has 0 unspecified atom stereocenters. The molecule has 4 N–H and O–H groups in total. The number of carboxylic acid groups (broad SMARTS) is 1. The highest BCUT2D eigenvalue weighted by molar-refractivity contribution is 5.88. The molecule has 0 aliphatic carbocycles. The van der Waals surface area contributed by atoms with Gasteiger partial charge in [-0.15, -0.1) is 0 Å². The van der Waals surface area contributed by atoms with Gasteiger partial charge in [-0.05, 0) is 25.8 Å². The molecular formula is C10H16N2O5. The van der Waals surface area contributed by atoms with Crippen molar-refractivity contribution in [3.05, 3.63) is 0 Å². The highest BCUT2D eigenvalue weighted by Crippen LogP contribution is 2.07. The van der Waals surface area contributed by atoms with Gasteiger partial charge in [-0.3, -0.25) is 9.59 Å². The molecule has 1 aliphatic heterocycles. The van der Waals surface area contributed by atoms with Crippen molar-refractivity contribution in [2.75, 3.05) is 6.54 Å². The van der Waals surface area contributed by atoms with Gasteiger partial charge in [0.1, 0.15) is 12.1 Å². The molecule has 0 bridgehead atoms. The van der Waals surface area contributed by atoms with E-state index in [1.165, 1.54) is 0 Å². The number of hydrogen-bond donors (Lipinski definition) is 3. The number of esters is 2. The number of carbonyl (C=O) groups is 3. The summed E-state index contributed by atoms with van der Waals surface area (Å²) in [4.78, 5) is 33.0. The molecule has 0 spiro atoms. The van der Waals surface area contributed by atoms with E-state index in [9.17, 15) is 14.4 Å². The van der Waals surface area contributed by atoms with Gasteiger partial charge in [-0.2, -0.15) is 0 Å². The third-order valence-electron chi connectivity index (χ3n) is 2.54. The Balaban J connectivity index is 2.24. The Morgan fingerprint density at radius 2 is 2.18 bits per heavy atom. The molecule has 0 aromatic rings. The number of rotatable bonds is 5. The maximum Gasteiger partial charge on any atom is 0.330 e. The smallest absolute Gasteiger partial charge is 0.330 e. The van der Waals surface area contributed by atoms with E-state index in [4.69, 9.17) is 10.8 Å². The monoisotopic (exact) mass is 244 g/mol. The zero-order chi connectivity index (χ0) is 12.8. The first-order chi connectivity index (χ1) is 8.00. The van der Waals surface area contributed by atoms with Gasteiger partial charge in [0, 0.05) is 6.42 Å². The lowest BCUT2D eigenvalue weighted by Crippen LogP contribution is -2.35. The van der Waals surface area contributed by atoms with Crippen molar-refractivity contribution in [3.8, 4) is 0 Å². The Morgan fingerprint density at radius 3 is 2.71 bits per heavy atom. The third kappa shape index (κ3) is 4.49. The summed E-state index contributed by atoms with van der Waals surface area (Å²) < 4.78 is 4.58. The van der Waals surface area contributed by atoms with Crippen LogP contribution in [0.15, 0.2) is 0 Å². The third-order valence-corrected chi connectivity index (χ3v) is 2.54. The molecule has 1 rings (SSSR count). The van der Waals surface area contributed by atoms with Crippen LogP contribution in [0.5, 0.6) is 0 Å². The lowest BCUT2D eigenvalue weighted by atomic mass is 10.2. The van der Waals surface area contributed by atoms with E-state index in [-0.39, 0.29) is 12.8 Å². The SMILES string of the molecule is N[C@@H](CCC(=O)OC(=O)[C@@H]1CCCN1)C(=O)O. The molecule has 96 valence electrons. The predicted molar refractivity (Wildman–Crippen MR) is 57.0 cm³/mol. The summed E-state index contributed by atoms with van der Waals surface area (Å²) in [6.45, 7) is 0.734. The Morgan fingerprint density at radius 1 is 1.47 bits per heavy atom. The first-order valence-electron chi connectivity index (χ1n) is 5.47. The number of nitrogens with one attached hydrogen (secondary N) is 1. The molecule has 2 atom stereocenters. The van der Waals surface area contributed by atoms with Crippen LogP contribution in [-0.4, -0.2) is 41.6 Å². The molecule has 0 radical (unpaired) electrons. The van der Waals surface area contributed by atoms with E-state index in [0.717, 1.165) is 13.0 Å². The summed E-state index contributed by atoms with van der Waals surface area (Å²) in [7, 11) is 0. The molecule has 7 heteroatoms. The Hall–Kier alpha value is -1.47. The second kappa shape index (κ2) is 6.31. The van der Waals surface area contributed by atoms with Gasteiger partial charge in [-0.1, -0.05) is 0 Å². The Labute approximate surface area is 98.3 Å². The fourth-order valence-electron chi connectivity index (χ4n) is 1.52. The van der Waals surface area contributed by atoms with Crippen molar-refractivity contribution >= 4 is 17.9 Å². The van der Waals surface area contributed by atoms with Crippen molar-refractivity contribution in [1.29, 1.82) is 0 Å². The Kier molecular flexibility index (Phi) is 5.05. The maximum atomic E-state index is 11.4. The van der Waals surface area contributed by atoms with Crippen LogP contribution in [0.25, 0.3) is 0 Å². The number of aliphatic carboxylic acids is 1. The van der Waals surface area contributed by atoms with Gasteiger partial charge in [0.2, 0.25) is 0 Å². The van der Waals surface area contributed by atoms with Crippen LogP contribution < -0.4 is 11.1 Å². The summed E-state index contributed by atoms with van der Waals surface area (Å²) in [6, 6.07) is -1.53. The van der Waals surface area contributed by atoms with Crippen LogP contribution in [0.4, 0.5) is 0 Å². The largest absolute Gasteiger partial charge is 0.480 e. The molecule has 1 aliphatic rings. The minimum Gasteiger partial charge on any atom is -0.480 e. The lowest BCUT2D eigenvalue weighted by molar-refractivity contribution is -0.161. The van der Waals surface area contributed by atoms with E-state index >= 15 is 0 Å². The number of ether oxygens (including phenoxy) is 1. The van der Waals surface area contributed by atoms with Crippen molar-refractivity contribution < 1.29 is 24.2 Å². The van der Waals surface area contributed by atoms with Crippen LogP contribution in [0.3, 0.4) is 0 Å². The predicted octanol–water partition coefficient (Wildman–Crippen LogP) is -1.000. The molecule has 0 amide bonds. The zero-order valence-electron chi connectivity index (χ0n) is 9.35. The average Bonchev–Trinajstić information content (AvgIpc) is 2.78. The normalized spacial score (nSPS) is 20.9. The average molecular weight is 244 g/mol. The number of carbonyl (C=O) groups excluding carboxylic acids is 2. The molecule has 1 heterocycles. The minimum atomic E-state index is -1.18. The standard InChI is InChI=1S/C10H16N2O5/c11-6(9(14)15)3-4-8(13)17-10(16)7-2-1-5-12-7/h6-7,12H,1-5,11H2,(H,14,15)/t6-,7-/m0/s1. The molecule has 7 nitrogen and oxygen atoms in total. The van der Waals surface area contributed by atoms with E-state index in [2.05, 4.69) is 10.1 Å². The van der Waals surface area contributed by atoms with Crippen LogP contribution in [0.2, 0.25) is 0 Å². The first-order valence-corrected chi connectivity index (χ1v) is 5.47. The van der Waals surface area contributed by atoms with E-state index in [1.54, 1.807) is 0 Å². The van der Waals surface area contributed by atoms with Crippen molar-refractivity contribution in [2.24, 2.45) is 5.73 Å². The van der Waals surface area contributed by atoms with E-state index < -0.39 is 30.0 Å². The van der Waals surface area contributed by atoms with Gasteiger partial charge in [0.25, 0.3) is 0 Å². The molecule has 0 saturated carbocycles. The first kappa shape index (κ1) is 13.6. The highest BCUT2D eigenvalue weighted by Gasteiger charge is 2.25. The molecule has 17 heavy (non-hydrogen) atoms. The summed E-state index contributed by atoms with van der Waals surface area (Å²) in [5.74, 6) is -2.52. The lowest BCUT2D eigenvalue weighted by Gasteiger charge is -2.09. The van der Waals surface area contributed by atoms with Crippen LogP contribution in [0.1, 0.15) is 25.7 Å². The number of hydrogen-bond acceptors (Lipinski definition) is 6.